The van der Waals surface area contributed by atoms with Crippen molar-refractivity contribution in [2.45, 2.75) is 71.9 Å². The van der Waals surface area contributed by atoms with E-state index in [0.717, 1.165) is 12.8 Å². The third-order valence-corrected chi connectivity index (χ3v) is 4.37. The van der Waals surface area contributed by atoms with E-state index in [9.17, 15) is 19.5 Å². The van der Waals surface area contributed by atoms with Crippen LogP contribution in [0.15, 0.2) is 0 Å². The minimum absolute atomic E-state index is 0.0821. The van der Waals surface area contributed by atoms with Gasteiger partial charge in [-0.15, -0.1) is 0 Å². The van der Waals surface area contributed by atoms with Gasteiger partial charge in [-0.05, 0) is 64.2 Å². The third-order valence-electron chi connectivity index (χ3n) is 4.37. The second-order valence-corrected chi connectivity index (χ2v) is 8.15. The van der Waals surface area contributed by atoms with Gasteiger partial charge in [-0.1, -0.05) is 13.8 Å². The highest BCUT2D eigenvalue weighted by Crippen LogP contribution is 2.27. The Hall–Kier alpha value is -1.79. The minimum Gasteiger partial charge on any atom is -0.550 e. The fraction of sp³-hybridized carbons (Fsp3) is 0.833. The van der Waals surface area contributed by atoms with Crippen molar-refractivity contribution in [3.05, 3.63) is 0 Å². The molecule has 0 spiro atoms. The number of amides is 2. The number of alkyl carbamates (subject to hydrolysis) is 1. The Balaban J connectivity index is 2.46. The van der Waals surface area contributed by atoms with Gasteiger partial charge in [0, 0.05) is 12.5 Å². The molecule has 2 amide bonds. The van der Waals surface area contributed by atoms with Gasteiger partial charge in [-0.2, -0.15) is 0 Å². The van der Waals surface area contributed by atoms with E-state index in [1.54, 1.807) is 20.8 Å². The van der Waals surface area contributed by atoms with Crippen molar-refractivity contribution >= 4 is 18.0 Å². The number of carboxylic acids is 1. The summed E-state index contributed by atoms with van der Waals surface area (Å²) in [6.07, 6.45) is 2.07. The lowest BCUT2D eigenvalue weighted by Crippen LogP contribution is -2.51. The van der Waals surface area contributed by atoms with E-state index < -0.39 is 23.7 Å². The van der Waals surface area contributed by atoms with E-state index in [2.05, 4.69) is 10.6 Å². The number of aliphatic carboxylic acids is 1. The molecule has 0 radical (unpaired) electrons. The van der Waals surface area contributed by atoms with E-state index in [4.69, 9.17) is 4.74 Å². The Bertz CT molecular complexity index is 476. The number of carbonyl (C=O) groups excluding carboxylic acids is 3. The number of hydrogen-bond donors (Lipinski definition) is 2. The number of nitrogens with one attached hydrogen (secondary N) is 2. The molecule has 7 nitrogen and oxygen atoms in total. The number of carbonyl (C=O) groups is 3. The van der Waals surface area contributed by atoms with E-state index in [1.807, 2.05) is 13.8 Å². The number of rotatable bonds is 6. The maximum atomic E-state index is 12.4. The Kier molecular flexibility index (Phi) is 7.70. The lowest BCUT2D eigenvalue weighted by molar-refractivity contribution is -0.312. The molecular formula is C18H31N2O5-. The Morgan fingerprint density at radius 1 is 1.12 bits per heavy atom. The van der Waals surface area contributed by atoms with E-state index in [1.165, 1.54) is 0 Å². The van der Waals surface area contributed by atoms with Crippen LogP contribution in [-0.4, -0.2) is 36.2 Å². The molecule has 0 aromatic rings. The average Bonchev–Trinajstić information content (AvgIpc) is 2.48. The molecule has 1 aliphatic carbocycles. The first-order valence-electron chi connectivity index (χ1n) is 8.97. The molecule has 1 aliphatic rings. The van der Waals surface area contributed by atoms with Crippen molar-refractivity contribution < 1.29 is 24.2 Å². The van der Waals surface area contributed by atoms with Gasteiger partial charge in [-0.3, -0.25) is 4.79 Å². The fourth-order valence-corrected chi connectivity index (χ4v) is 2.93. The molecule has 0 unspecified atom stereocenters. The highest BCUT2D eigenvalue weighted by Gasteiger charge is 2.28. The largest absolute Gasteiger partial charge is 0.550 e. The maximum Gasteiger partial charge on any atom is 0.408 e. The lowest BCUT2D eigenvalue weighted by Gasteiger charge is -2.30. The van der Waals surface area contributed by atoms with Crippen LogP contribution in [-0.2, 0) is 14.3 Å². The lowest BCUT2D eigenvalue weighted by atomic mass is 9.82. The third kappa shape index (κ3) is 7.75. The first kappa shape index (κ1) is 21.3. The summed E-state index contributed by atoms with van der Waals surface area (Å²) in [6.45, 7) is 9.48. The summed E-state index contributed by atoms with van der Waals surface area (Å²) >= 11 is 0. The molecule has 0 heterocycles. The molecule has 1 fully saturated rings. The molecule has 1 atom stereocenters. The minimum atomic E-state index is -0.982. The zero-order chi connectivity index (χ0) is 19.2. The van der Waals surface area contributed by atoms with E-state index in [0.29, 0.717) is 19.4 Å². The molecule has 25 heavy (non-hydrogen) atoms. The summed E-state index contributed by atoms with van der Waals surface area (Å²) in [5.41, 5.74) is -0.625. The number of ether oxygens (including phenoxy) is 1. The summed E-state index contributed by atoms with van der Waals surface area (Å²) < 4.78 is 5.21. The van der Waals surface area contributed by atoms with Crippen molar-refractivity contribution in [1.29, 1.82) is 0 Å². The highest BCUT2D eigenvalue weighted by molar-refractivity contribution is 5.85. The van der Waals surface area contributed by atoms with E-state index in [-0.39, 0.29) is 23.7 Å². The van der Waals surface area contributed by atoms with Crippen molar-refractivity contribution in [3.63, 3.8) is 0 Å². The number of hydrogen-bond acceptors (Lipinski definition) is 5. The van der Waals surface area contributed by atoms with Crippen LogP contribution in [0.1, 0.15) is 60.3 Å². The van der Waals surface area contributed by atoms with Crippen LogP contribution < -0.4 is 15.7 Å². The van der Waals surface area contributed by atoms with Gasteiger partial charge in [0.05, 0.1) is 0 Å². The zero-order valence-corrected chi connectivity index (χ0v) is 15.9. The van der Waals surface area contributed by atoms with E-state index >= 15 is 0 Å². The van der Waals surface area contributed by atoms with Gasteiger partial charge in [0.1, 0.15) is 11.6 Å². The summed E-state index contributed by atoms with van der Waals surface area (Å²) in [6, 6.07) is -0.672. The fourth-order valence-electron chi connectivity index (χ4n) is 2.93. The van der Waals surface area contributed by atoms with Crippen LogP contribution >= 0.6 is 0 Å². The molecule has 0 aromatic carbocycles. The standard InChI is InChI=1S/C18H32N2O5/c1-11(2)14(20-17(24)25-18(3,4)5)15(21)19-10-12-6-8-13(9-7-12)16(22)23/h11-14H,6-10H2,1-5H3,(H,19,21)(H,20,24)(H,22,23)/p-1/t12?,13?,14-/m0/s1. The van der Waals surface area contributed by atoms with Crippen LogP contribution in [0.4, 0.5) is 4.79 Å². The molecule has 144 valence electrons. The smallest absolute Gasteiger partial charge is 0.408 e. The van der Waals surface area contributed by atoms with Crippen molar-refractivity contribution in [2.24, 2.45) is 17.8 Å². The quantitative estimate of drug-likeness (QED) is 0.744. The van der Waals surface area contributed by atoms with Gasteiger partial charge in [-0.25, -0.2) is 4.79 Å². The molecule has 0 aliphatic heterocycles. The molecule has 1 rings (SSSR count). The first-order chi connectivity index (χ1) is 11.5. The molecule has 1 saturated carbocycles. The normalized spacial score (nSPS) is 22.2. The van der Waals surface area contributed by atoms with Crippen molar-refractivity contribution in [1.82, 2.24) is 10.6 Å². The topological polar surface area (TPSA) is 108 Å². The van der Waals surface area contributed by atoms with Gasteiger partial charge in [0.2, 0.25) is 5.91 Å². The van der Waals surface area contributed by atoms with Gasteiger partial charge in [0.25, 0.3) is 0 Å². The highest BCUT2D eigenvalue weighted by atomic mass is 16.6. The molecule has 0 aromatic heterocycles. The van der Waals surface area contributed by atoms with Gasteiger partial charge < -0.3 is 25.3 Å². The van der Waals surface area contributed by atoms with Crippen LogP contribution in [0, 0.1) is 17.8 Å². The van der Waals surface area contributed by atoms with Crippen LogP contribution in [0.5, 0.6) is 0 Å². The van der Waals surface area contributed by atoms with Crippen LogP contribution in [0.25, 0.3) is 0 Å². The maximum absolute atomic E-state index is 12.4. The molecular weight excluding hydrogens is 324 g/mol. The summed E-state index contributed by atoms with van der Waals surface area (Å²) in [4.78, 5) is 35.2. The molecule has 7 heteroatoms. The monoisotopic (exact) mass is 355 g/mol. The summed E-state index contributed by atoms with van der Waals surface area (Å²) in [5, 5.41) is 16.4. The SMILES string of the molecule is CC(C)[C@H](NC(=O)OC(C)(C)C)C(=O)NCC1CCC(C(=O)[O-])CC1. The van der Waals surface area contributed by atoms with Gasteiger partial charge >= 0.3 is 6.09 Å². The Morgan fingerprint density at radius 2 is 1.68 bits per heavy atom. The predicted octanol–water partition coefficient (Wildman–Crippen LogP) is 1.21. The molecule has 2 N–H and O–H groups in total. The Labute approximate surface area is 149 Å². The molecule has 0 saturated heterocycles. The summed E-state index contributed by atoms with van der Waals surface area (Å²) in [5.74, 6) is -1.42. The van der Waals surface area contributed by atoms with Crippen LogP contribution in [0.3, 0.4) is 0 Å². The second-order valence-electron chi connectivity index (χ2n) is 8.15. The first-order valence-corrected chi connectivity index (χ1v) is 8.97. The molecule has 0 bridgehead atoms. The second kappa shape index (κ2) is 9.06. The number of carboxylic acid groups (broad SMARTS) is 1. The average molecular weight is 355 g/mol. The van der Waals surface area contributed by atoms with Crippen molar-refractivity contribution in [3.8, 4) is 0 Å². The van der Waals surface area contributed by atoms with Crippen molar-refractivity contribution in [2.75, 3.05) is 6.54 Å². The Morgan fingerprint density at radius 3 is 2.12 bits per heavy atom. The summed E-state index contributed by atoms with van der Waals surface area (Å²) in [7, 11) is 0. The van der Waals surface area contributed by atoms with Gasteiger partial charge in [0.15, 0.2) is 0 Å². The van der Waals surface area contributed by atoms with Crippen LogP contribution in [0.2, 0.25) is 0 Å². The predicted molar refractivity (Wildman–Crippen MR) is 91.5 cm³/mol. The zero-order valence-electron chi connectivity index (χ0n) is 15.9.